The smallest absolute Gasteiger partial charge is 0.119 e. The maximum absolute atomic E-state index is 9.65. The molecule has 1 aliphatic heterocycles. The molecule has 1 saturated carbocycles. The monoisotopic (exact) mass is 302 g/mol. The molecule has 1 heterocycles. The number of fused-ring (bicyclic) bond motifs is 1. The van der Waals surface area contributed by atoms with Crippen LogP contribution in [0.5, 0.6) is 5.75 Å². The fourth-order valence-corrected chi connectivity index (χ4v) is 2.94. The van der Waals surface area contributed by atoms with Crippen molar-refractivity contribution < 1.29 is 28.0 Å². The van der Waals surface area contributed by atoms with Gasteiger partial charge in [0.25, 0.3) is 0 Å². The van der Waals surface area contributed by atoms with Crippen LogP contribution in [0, 0.1) is 11.8 Å². The summed E-state index contributed by atoms with van der Waals surface area (Å²) in [7, 11) is 1.17. The largest absolute Gasteiger partial charge is 0.497 e. The van der Waals surface area contributed by atoms with Gasteiger partial charge < -0.3 is 9.64 Å². The first-order valence-electron chi connectivity index (χ1n) is 15.1. The molecular weight excluding hydrogens is 258 g/mol. The standard InChI is InChI=1S/C19H27NO/c1-13-6-7-19-8-9-20(2)18(17(19)10-13)11-14-4-5-15(21-3)12-16(14)19/h4-5,12-13,17-18H,6-11H2,1-3H3/t13?,17-,18+,19-/m1/s1/i2D3,6D2,7D2,8D2,9D2,10D2,11D2,13D,17D. The van der Waals surface area contributed by atoms with Crippen LogP contribution in [0.1, 0.15) is 66.8 Å². The first kappa shape index (κ1) is 4.50. The molecule has 1 aromatic carbocycles. The number of piperidine rings is 1. The summed E-state index contributed by atoms with van der Waals surface area (Å²) in [4.78, 5) is -0.233. The lowest BCUT2D eigenvalue weighted by atomic mass is 9.51. The predicted octanol–water partition coefficient (Wildman–Crippen LogP) is 3.63. The molecule has 2 heteroatoms. The lowest BCUT2D eigenvalue weighted by molar-refractivity contribution is -0.0112. The molecule has 2 fully saturated rings. The van der Waals surface area contributed by atoms with Gasteiger partial charge in [0.05, 0.1) is 7.11 Å². The molecule has 4 atom stereocenters. The Morgan fingerprint density at radius 2 is 2.38 bits per heavy atom. The van der Waals surface area contributed by atoms with E-state index in [0.29, 0.717) is 6.92 Å². The van der Waals surface area contributed by atoms with Crippen LogP contribution in [0.15, 0.2) is 18.2 Å². The number of methoxy groups -OCH3 is 1. The Hall–Kier alpha value is -1.02. The van der Waals surface area contributed by atoms with Crippen molar-refractivity contribution in [2.75, 3.05) is 20.6 Å². The van der Waals surface area contributed by atoms with E-state index < -0.39 is 79.7 Å². The topological polar surface area (TPSA) is 12.5 Å². The van der Waals surface area contributed by atoms with E-state index in [-0.39, 0.29) is 10.6 Å². The van der Waals surface area contributed by atoms with Crippen LogP contribution in [0.2, 0.25) is 0 Å². The number of likely N-dealkylation sites (tertiary alicyclic amines) is 1. The number of nitrogens with zero attached hydrogens (tertiary/aromatic N) is 1. The highest BCUT2D eigenvalue weighted by Crippen LogP contribution is 2.56. The van der Waals surface area contributed by atoms with Crippen LogP contribution >= 0.6 is 0 Å². The van der Waals surface area contributed by atoms with Gasteiger partial charge in [-0.2, -0.15) is 0 Å². The molecule has 1 unspecified atom stereocenters. The first-order valence-corrected chi connectivity index (χ1v) is 6.63. The summed E-state index contributed by atoms with van der Waals surface area (Å²) in [6.45, 7) is -6.81. The Bertz CT molecular complexity index is 1190. The molecule has 4 rings (SSSR count). The molecule has 2 aliphatic carbocycles. The van der Waals surface area contributed by atoms with Crippen LogP contribution < -0.4 is 4.74 Å². The highest BCUT2D eigenvalue weighted by atomic mass is 16.5. The molecule has 0 N–H and O–H groups in total. The van der Waals surface area contributed by atoms with Crippen LogP contribution in [0.25, 0.3) is 0 Å². The molecule has 0 amide bonds. The van der Waals surface area contributed by atoms with Crippen molar-refractivity contribution in [2.45, 2.75) is 50.2 Å². The lowest BCUT2D eigenvalue weighted by Gasteiger charge is -2.59. The molecule has 21 heavy (non-hydrogen) atoms. The molecule has 2 bridgehead atoms. The highest BCUT2D eigenvalue weighted by Gasteiger charge is 2.54. The van der Waals surface area contributed by atoms with Crippen molar-refractivity contribution in [3.63, 3.8) is 0 Å². The number of ether oxygens (including phenoxy) is 1. The van der Waals surface area contributed by atoms with Gasteiger partial charge in [0.15, 0.2) is 0 Å². The third-order valence-electron chi connectivity index (χ3n) is 3.98. The Kier molecular flexibility index (Phi) is 1.02. The van der Waals surface area contributed by atoms with E-state index in [9.17, 15) is 1.37 Å². The zero-order chi connectivity index (χ0) is 29.7. The molecule has 1 aromatic rings. The molecule has 0 radical (unpaired) electrons. The zero-order valence-electron chi connectivity index (χ0n) is 28.7. The second-order valence-electron chi connectivity index (χ2n) is 5.23. The summed E-state index contributed by atoms with van der Waals surface area (Å²) in [5, 5.41) is 0. The molecular formula is C19H27NO. The van der Waals surface area contributed by atoms with E-state index >= 15 is 0 Å². The Labute approximate surface area is 152 Å². The van der Waals surface area contributed by atoms with Crippen molar-refractivity contribution >= 4 is 0 Å². The van der Waals surface area contributed by atoms with Gasteiger partial charge in [-0.3, -0.25) is 0 Å². The van der Waals surface area contributed by atoms with Gasteiger partial charge in [-0.1, -0.05) is 13.0 Å². The molecule has 3 aliphatic rings. The number of hydrogen-bond acceptors (Lipinski definition) is 2. The van der Waals surface area contributed by atoms with Crippen LogP contribution in [-0.4, -0.2) is 31.5 Å². The van der Waals surface area contributed by atoms with E-state index in [0.717, 1.165) is 12.1 Å². The van der Waals surface area contributed by atoms with Crippen LogP contribution in [0.4, 0.5) is 0 Å². The molecule has 114 valence electrons. The lowest BCUT2D eigenvalue weighted by Crippen LogP contribution is -2.60. The van der Waals surface area contributed by atoms with Gasteiger partial charge in [-0.15, -0.1) is 0 Å². The van der Waals surface area contributed by atoms with E-state index in [2.05, 4.69) is 0 Å². The third-order valence-corrected chi connectivity index (χ3v) is 3.98. The normalized spacial score (nSPS) is 72.5. The minimum absolute atomic E-state index is 0.125. The Morgan fingerprint density at radius 3 is 3.19 bits per heavy atom. The summed E-state index contributed by atoms with van der Waals surface area (Å²) < 4.78 is 155. The van der Waals surface area contributed by atoms with Crippen molar-refractivity contribution in [1.82, 2.24) is 4.90 Å². The minimum Gasteiger partial charge on any atom is -0.497 e. The van der Waals surface area contributed by atoms with E-state index in [1.54, 1.807) is 0 Å². The maximum atomic E-state index is 9.65. The SMILES string of the molecule is [2H]C1([2H])c2ccc(OC)cc2[C@@]23C([2H])([2H])C([2H])([2H])N(C([2H])([2H])[2H])[C@@H]1[C@@]2([2H])C([2H])([2H])C([2H])(C)C([2H])([2H])C3([2H])[2H]. The molecule has 0 aromatic heterocycles. The van der Waals surface area contributed by atoms with Gasteiger partial charge in [0, 0.05) is 34.8 Å². The Morgan fingerprint density at radius 1 is 1.48 bits per heavy atom. The molecule has 0 spiro atoms. The fourth-order valence-electron chi connectivity index (χ4n) is 2.94. The second kappa shape index (κ2) is 4.74. The first-order chi connectivity index (χ1) is 16.6. The van der Waals surface area contributed by atoms with Gasteiger partial charge in [0.1, 0.15) is 5.75 Å². The average Bonchev–Trinajstić information content (AvgIpc) is 2.73. The summed E-state index contributed by atoms with van der Waals surface area (Å²) in [6, 6.07) is 0.419. The number of rotatable bonds is 1. The van der Waals surface area contributed by atoms with Gasteiger partial charge in [-0.25, -0.2) is 0 Å². The van der Waals surface area contributed by atoms with Crippen LogP contribution in [0.3, 0.4) is 0 Å². The number of likely N-dealkylation sites (N-methyl/N-ethyl adjacent to an activating group) is 1. The molecule has 1 saturated heterocycles. The van der Waals surface area contributed by atoms with Crippen LogP contribution in [-0.2, 0) is 11.8 Å². The summed E-state index contributed by atoms with van der Waals surface area (Å²) in [6.07, 6.45) is -18.1. The quantitative estimate of drug-likeness (QED) is 0.785. The van der Waals surface area contributed by atoms with Gasteiger partial charge in [0.2, 0.25) is 0 Å². The third kappa shape index (κ3) is 1.88. The number of hydrogen-bond donors (Lipinski definition) is 0. The summed E-state index contributed by atoms with van der Waals surface area (Å²) in [5.74, 6) is -6.96. The maximum Gasteiger partial charge on any atom is 0.119 e. The second-order valence-corrected chi connectivity index (χ2v) is 5.23. The van der Waals surface area contributed by atoms with E-state index in [4.69, 9.17) is 26.7 Å². The van der Waals surface area contributed by atoms with Crippen molar-refractivity contribution in [3.05, 3.63) is 29.3 Å². The molecule has 2 nitrogen and oxygen atoms in total. The summed E-state index contributed by atoms with van der Waals surface area (Å²) in [5.41, 5.74) is -4.87. The zero-order valence-corrected chi connectivity index (χ0v) is 11.7. The fraction of sp³-hybridized carbons (Fsp3) is 0.684. The predicted molar refractivity (Wildman–Crippen MR) is 85.9 cm³/mol. The van der Waals surface area contributed by atoms with Gasteiger partial charge in [-0.05, 0) is 80.4 Å². The Balaban J connectivity index is 2.45. The van der Waals surface area contributed by atoms with Gasteiger partial charge >= 0.3 is 0 Å². The number of benzene rings is 1. The summed E-state index contributed by atoms with van der Waals surface area (Å²) >= 11 is 0. The van der Waals surface area contributed by atoms with Crippen molar-refractivity contribution in [2.24, 2.45) is 11.8 Å². The van der Waals surface area contributed by atoms with E-state index in [1.807, 2.05) is 0 Å². The average molecular weight is 303 g/mol. The van der Waals surface area contributed by atoms with E-state index in [1.165, 1.54) is 13.2 Å². The minimum atomic E-state index is -3.90. The van der Waals surface area contributed by atoms with Crippen molar-refractivity contribution in [1.29, 1.82) is 0 Å². The highest BCUT2D eigenvalue weighted by molar-refractivity contribution is 5.45. The van der Waals surface area contributed by atoms with Crippen molar-refractivity contribution in [3.8, 4) is 5.75 Å².